The lowest BCUT2D eigenvalue weighted by Crippen LogP contribution is -2.20. The van der Waals surface area contributed by atoms with Gasteiger partial charge in [0.15, 0.2) is 0 Å². The quantitative estimate of drug-likeness (QED) is 0.104. The summed E-state index contributed by atoms with van der Waals surface area (Å²) < 4.78 is 15.7. The van der Waals surface area contributed by atoms with Crippen molar-refractivity contribution in [2.75, 3.05) is 32.7 Å². The van der Waals surface area contributed by atoms with Gasteiger partial charge in [-0.1, -0.05) is 41.9 Å². The van der Waals surface area contributed by atoms with E-state index in [0.29, 0.717) is 48.1 Å². The Labute approximate surface area is 311 Å². The third-order valence-corrected chi connectivity index (χ3v) is 10.9. The van der Waals surface area contributed by atoms with Crippen molar-refractivity contribution in [1.82, 2.24) is 24.6 Å². The van der Waals surface area contributed by atoms with E-state index in [1.807, 2.05) is 30.5 Å². The van der Waals surface area contributed by atoms with Gasteiger partial charge in [-0.15, -0.1) is 0 Å². The third-order valence-electron chi connectivity index (χ3n) is 9.67. The van der Waals surface area contributed by atoms with Crippen molar-refractivity contribution in [2.45, 2.75) is 58.4 Å². The summed E-state index contributed by atoms with van der Waals surface area (Å²) in [6.07, 6.45) is 10.7. The van der Waals surface area contributed by atoms with E-state index in [1.54, 1.807) is 12.3 Å². The number of hydrogen-bond donors (Lipinski definition) is 0. The molecule has 2 aromatic heterocycles. The van der Waals surface area contributed by atoms with Gasteiger partial charge in [-0.25, -0.2) is 0 Å². The lowest BCUT2D eigenvalue weighted by molar-refractivity contribution is -0.116. The molecule has 0 aliphatic carbocycles. The Morgan fingerprint density at radius 3 is 2.49 bits per heavy atom. The number of benzene rings is 3. The fourth-order valence-corrected chi connectivity index (χ4v) is 7.81. The Morgan fingerprint density at radius 2 is 1.67 bits per heavy atom. The number of rotatable bonds is 14. The number of nitrogens with zero attached hydrogens (tertiary/aromatic N) is 6. The monoisotopic (exact) mass is 766 g/mol. The average molecular weight is 768 g/mol. The van der Waals surface area contributed by atoms with Crippen LogP contribution in [0.2, 0.25) is 5.02 Å². The maximum absolute atomic E-state index is 12.0. The molecule has 2 fully saturated rings. The van der Waals surface area contributed by atoms with Gasteiger partial charge in [0.1, 0.15) is 36.6 Å². The number of carbonyl (C=O) groups excluding carboxylic acids is 1. The van der Waals surface area contributed by atoms with Crippen molar-refractivity contribution in [3.8, 4) is 28.7 Å². The van der Waals surface area contributed by atoms with Crippen LogP contribution in [0.5, 0.6) is 11.5 Å². The largest absolute Gasteiger partial charge is 0.488 e. The summed E-state index contributed by atoms with van der Waals surface area (Å²) in [5.41, 5.74) is 6.37. The van der Waals surface area contributed by atoms with Crippen LogP contribution in [0, 0.1) is 11.3 Å². The maximum Gasteiger partial charge on any atom is 0.148 e. The van der Waals surface area contributed by atoms with Crippen molar-refractivity contribution in [1.29, 1.82) is 5.26 Å². The lowest BCUT2D eigenvalue weighted by Gasteiger charge is -2.20. The highest BCUT2D eigenvalue weighted by molar-refractivity contribution is 9.10. The Kier molecular flexibility index (Phi) is 11.3. The standard InChI is InChI=1S/C40H40BrClN6O3/c41-40-30(7-5-9-34(40)33-8-6-10-37-35(33)23-45-48(37)15-4-3-14-46-12-1-2-13-46)27-51-39-19-38(50-26-29-17-28(20-43)21-44-22-29)31(18-36(39)42)24-47-16-11-32(49)25-47/h5-10,17-19,21-23H,1-4,11-16,24-27H2. The molecule has 2 aliphatic rings. The number of unbranched alkanes of at least 4 members (excludes halogenated alkanes) is 1. The number of aryl methyl sites for hydroxylation is 1. The molecule has 3 aromatic carbocycles. The van der Waals surface area contributed by atoms with Crippen molar-refractivity contribution < 1.29 is 14.3 Å². The van der Waals surface area contributed by atoms with Gasteiger partial charge in [-0.05, 0) is 90.6 Å². The average Bonchev–Trinajstić information content (AvgIpc) is 3.92. The molecule has 7 rings (SSSR count). The second kappa shape index (κ2) is 16.4. The first-order chi connectivity index (χ1) is 24.9. The van der Waals surface area contributed by atoms with Crippen molar-refractivity contribution >= 4 is 44.2 Å². The number of fused-ring (bicyclic) bond motifs is 1. The van der Waals surface area contributed by atoms with Crippen LogP contribution in [0.15, 0.2) is 77.7 Å². The molecule has 262 valence electrons. The highest BCUT2D eigenvalue weighted by atomic mass is 79.9. The van der Waals surface area contributed by atoms with E-state index >= 15 is 0 Å². The molecule has 0 unspecified atom stereocenters. The number of aromatic nitrogens is 3. The van der Waals surface area contributed by atoms with Crippen molar-refractivity contribution in [3.05, 3.63) is 105 Å². The lowest BCUT2D eigenvalue weighted by atomic mass is 10.00. The molecule has 0 saturated carbocycles. The smallest absolute Gasteiger partial charge is 0.148 e. The van der Waals surface area contributed by atoms with Crippen LogP contribution in [0.25, 0.3) is 22.0 Å². The predicted octanol–water partition coefficient (Wildman–Crippen LogP) is 8.19. The zero-order chi connectivity index (χ0) is 35.2. The Morgan fingerprint density at radius 1 is 0.863 bits per heavy atom. The van der Waals surface area contributed by atoms with Crippen LogP contribution in [0.3, 0.4) is 0 Å². The second-order valence-corrected chi connectivity index (χ2v) is 14.5. The SMILES string of the molecule is N#Cc1cncc(COc2cc(OCc3cccc(-c4cccc5c4cnn5CCCCN4CCCC4)c3Br)c(Cl)cc2CN2CCC(=O)C2)c1. The van der Waals surface area contributed by atoms with Crippen LogP contribution in [0.4, 0.5) is 0 Å². The molecule has 0 spiro atoms. The molecule has 4 heterocycles. The fourth-order valence-electron chi connectivity index (χ4n) is 6.97. The second-order valence-electron chi connectivity index (χ2n) is 13.3. The predicted molar refractivity (Wildman–Crippen MR) is 202 cm³/mol. The minimum Gasteiger partial charge on any atom is -0.488 e. The maximum atomic E-state index is 12.0. The summed E-state index contributed by atoms with van der Waals surface area (Å²) in [4.78, 5) is 20.8. The van der Waals surface area contributed by atoms with Crippen LogP contribution >= 0.6 is 27.5 Å². The van der Waals surface area contributed by atoms with E-state index in [1.165, 1.54) is 45.1 Å². The summed E-state index contributed by atoms with van der Waals surface area (Å²) in [7, 11) is 0. The molecule has 0 atom stereocenters. The van der Waals surface area contributed by atoms with Gasteiger partial charge < -0.3 is 14.4 Å². The number of ether oxygens (including phenoxy) is 2. The number of nitriles is 1. The molecule has 9 nitrogen and oxygen atoms in total. The molecule has 0 N–H and O–H groups in total. The summed E-state index contributed by atoms with van der Waals surface area (Å²) in [5, 5.41) is 15.7. The minimum absolute atomic E-state index is 0.212. The van der Waals surface area contributed by atoms with E-state index < -0.39 is 0 Å². The van der Waals surface area contributed by atoms with Crippen LogP contribution in [-0.4, -0.2) is 63.1 Å². The topological polar surface area (TPSA) is 96.5 Å². The minimum atomic E-state index is 0.212. The van der Waals surface area contributed by atoms with E-state index in [2.05, 4.69) is 65.7 Å². The first-order valence-corrected chi connectivity index (χ1v) is 18.7. The van der Waals surface area contributed by atoms with Gasteiger partial charge in [0.05, 0.1) is 28.8 Å². The van der Waals surface area contributed by atoms with Gasteiger partial charge in [-0.2, -0.15) is 10.4 Å². The fraction of sp³-hybridized carbons (Fsp3) is 0.350. The number of ketones is 1. The highest BCUT2D eigenvalue weighted by Gasteiger charge is 2.22. The summed E-state index contributed by atoms with van der Waals surface area (Å²) >= 11 is 10.7. The molecular formula is C40H40BrClN6O3. The zero-order valence-corrected chi connectivity index (χ0v) is 30.8. The van der Waals surface area contributed by atoms with Gasteiger partial charge in [0, 0.05) is 71.1 Å². The van der Waals surface area contributed by atoms with E-state index in [4.69, 9.17) is 26.2 Å². The van der Waals surface area contributed by atoms with E-state index in [9.17, 15) is 10.1 Å². The first-order valence-electron chi connectivity index (χ1n) is 17.6. The molecule has 2 aliphatic heterocycles. The number of likely N-dealkylation sites (tertiary alicyclic amines) is 2. The molecule has 2 saturated heterocycles. The Balaban J connectivity index is 1.08. The number of pyridine rings is 1. The first kappa shape index (κ1) is 35.1. The molecule has 11 heteroatoms. The molecule has 51 heavy (non-hydrogen) atoms. The summed E-state index contributed by atoms with van der Waals surface area (Å²) in [6, 6.07) is 20.1. The van der Waals surface area contributed by atoms with Gasteiger partial charge in [0.2, 0.25) is 0 Å². The normalized spacial score (nSPS) is 15.1. The Hall–Kier alpha value is -4.27. The van der Waals surface area contributed by atoms with Gasteiger partial charge >= 0.3 is 0 Å². The van der Waals surface area contributed by atoms with Gasteiger partial charge in [-0.3, -0.25) is 19.4 Å². The number of halogens is 2. The number of hydrogen-bond acceptors (Lipinski definition) is 8. The van der Waals surface area contributed by atoms with E-state index in [-0.39, 0.29) is 19.0 Å². The van der Waals surface area contributed by atoms with Crippen LogP contribution in [-0.2, 0) is 31.1 Å². The third kappa shape index (κ3) is 8.45. The molecular weight excluding hydrogens is 728 g/mol. The van der Waals surface area contributed by atoms with Crippen molar-refractivity contribution in [2.24, 2.45) is 0 Å². The summed E-state index contributed by atoms with van der Waals surface area (Å²) in [5.74, 6) is 1.31. The van der Waals surface area contributed by atoms with Gasteiger partial charge in [0.25, 0.3) is 0 Å². The zero-order valence-electron chi connectivity index (χ0n) is 28.5. The van der Waals surface area contributed by atoms with Crippen LogP contribution < -0.4 is 9.47 Å². The number of Topliss-reactive ketones (excluding diaryl/α,β-unsaturated/α-hetero) is 1. The molecule has 0 radical (unpaired) electrons. The molecule has 0 amide bonds. The number of carbonyl (C=O) groups is 1. The molecule has 0 bridgehead atoms. The highest BCUT2D eigenvalue weighted by Crippen LogP contribution is 2.38. The Bertz CT molecular complexity index is 2070. The van der Waals surface area contributed by atoms with Crippen LogP contribution in [0.1, 0.15) is 54.4 Å². The van der Waals surface area contributed by atoms with E-state index in [0.717, 1.165) is 56.2 Å². The van der Waals surface area contributed by atoms with Crippen molar-refractivity contribution in [3.63, 3.8) is 0 Å². The summed E-state index contributed by atoms with van der Waals surface area (Å²) in [6.45, 7) is 6.66. The molecule has 5 aromatic rings.